The van der Waals surface area contributed by atoms with E-state index in [9.17, 15) is 16.8 Å². The topological polar surface area (TPSA) is 83.6 Å². The molecule has 1 aromatic carbocycles. The molecule has 9 heteroatoms. The predicted molar refractivity (Wildman–Crippen MR) is 84.2 cm³/mol. The normalized spacial score (nSPS) is 12.8. The third-order valence-electron chi connectivity index (χ3n) is 2.80. The van der Waals surface area contributed by atoms with Crippen molar-refractivity contribution in [3.05, 3.63) is 34.9 Å². The smallest absolute Gasteiger partial charge is 0.211 e. The van der Waals surface area contributed by atoms with Crippen molar-refractivity contribution < 1.29 is 16.8 Å². The van der Waals surface area contributed by atoms with Gasteiger partial charge in [0.1, 0.15) is 0 Å². The van der Waals surface area contributed by atoms with Gasteiger partial charge in [0.05, 0.1) is 12.0 Å². The van der Waals surface area contributed by atoms with Gasteiger partial charge in [-0.1, -0.05) is 23.7 Å². The van der Waals surface area contributed by atoms with Crippen molar-refractivity contribution in [1.29, 1.82) is 0 Å². The quantitative estimate of drug-likeness (QED) is 0.756. The van der Waals surface area contributed by atoms with Crippen molar-refractivity contribution in [3.63, 3.8) is 0 Å². The SMILES string of the molecule is CCS(=O)(=O)NCCN(Cc1ccc(Cl)cc1)S(C)(=O)=O. The summed E-state index contributed by atoms with van der Waals surface area (Å²) >= 11 is 5.78. The van der Waals surface area contributed by atoms with Gasteiger partial charge < -0.3 is 0 Å². The fourth-order valence-corrected chi connectivity index (χ4v) is 3.12. The van der Waals surface area contributed by atoms with E-state index >= 15 is 0 Å². The van der Waals surface area contributed by atoms with Crippen LogP contribution in [0.2, 0.25) is 5.02 Å². The molecule has 0 aliphatic rings. The molecule has 0 aliphatic heterocycles. The Kier molecular flexibility index (Phi) is 6.61. The van der Waals surface area contributed by atoms with Gasteiger partial charge in [0.25, 0.3) is 0 Å². The summed E-state index contributed by atoms with van der Waals surface area (Å²) < 4.78 is 49.7. The monoisotopic (exact) mass is 354 g/mol. The van der Waals surface area contributed by atoms with Crippen LogP contribution in [-0.2, 0) is 26.6 Å². The Morgan fingerprint density at radius 3 is 2.19 bits per heavy atom. The Bertz CT molecular complexity index is 657. The molecule has 0 heterocycles. The van der Waals surface area contributed by atoms with Crippen LogP contribution >= 0.6 is 11.6 Å². The first-order valence-electron chi connectivity index (χ1n) is 6.31. The molecular formula is C12H19ClN2O4S2. The molecule has 1 N–H and O–H groups in total. The molecule has 0 saturated heterocycles. The average Bonchev–Trinajstić information content (AvgIpc) is 2.39. The van der Waals surface area contributed by atoms with E-state index < -0.39 is 20.0 Å². The van der Waals surface area contributed by atoms with Gasteiger partial charge in [-0.05, 0) is 24.6 Å². The lowest BCUT2D eigenvalue weighted by Crippen LogP contribution is -2.38. The highest BCUT2D eigenvalue weighted by molar-refractivity contribution is 7.89. The van der Waals surface area contributed by atoms with Gasteiger partial charge >= 0.3 is 0 Å². The Balaban J connectivity index is 2.72. The summed E-state index contributed by atoms with van der Waals surface area (Å²) in [4.78, 5) is 0. The number of nitrogens with zero attached hydrogens (tertiary/aromatic N) is 1. The second-order valence-corrected chi connectivity index (χ2v) is 9.04. The van der Waals surface area contributed by atoms with Gasteiger partial charge in [0.2, 0.25) is 20.0 Å². The largest absolute Gasteiger partial charge is 0.214 e. The van der Waals surface area contributed by atoms with Gasteiger partial charge in [0, 0.05) is 24.7 Å². The Morgan fingerprint density at radius 1 is 1.14 bits per heavy atom. The summed E-state index contributed by atoms with van der Waals surface area (Å²) in [5.74, 6) is -0.0386. The van der Waals surface area contributed by atoms with Crippen molar-refractivity contribution in [3.8, 4) is 0 Å². The standard InChI is InChI=1S/C12H19ClN2O4S2/c1-3-21(18,19)14-8-9-15(20(2,16)17)10-11-4-6-12(13)7-5-11/h4-7,14H,3,8-10H2,1-2H3. The molecule has 1 rings (SSSR count). The number of benzene rings is 1. The van der Waals surface area contributed by atoms with Crippen molar-refractivity contribution in [2.24, 2.45) is 0 Å². The van der Waals surface area contributed by atoms with Crippen molar-refractivity contribution in [2.75, 3.05) is 25.1 Å². The number of hydrogen-bond acceptors (Lipinski definition) is 4. The highest BCUT2D eigenvalue weighted by Crippen LogP contribution is 2.12. The minimum absolute atomic E-state index is 0.0385. The predicted octanol–water partition coefficient (Wildman–Crippen LogP) is 1.04. The molecule has 0 amide bonds. The van der Waals surface area contributed by atoms with Crippen molar-refractivity contribution in [2.45, 2.75) is 13.5 Å². The van der Waals surface area contributed by atoms with E-state index in [-0.39, 0.29) is 25.4 Å². The van der Waals surface area contributed by atoms with Crippen LogP contribution in [0, 0.1) is 0 Å². The zero-order valence-electron chi connectivity index (χ0n) is 11.9. The molecule has 21 heavy (non-hydrogen) atoms. The maximum Gasteiger partial charge on any atom is 0.211 e. The summed E-state index contributed by atoms with van der Waals surface area (Å²) in [6, 6.07) is 6.82. The number of nitrogens with one attached hydrogen (secondary N) is 1. The number of hydrogen-bond donors (Lipinski definition) is 1. The molecule has 0 bridgehead atoms. The second kappa shape index (κ2) is 7.55. The lowest BCUT2D eigenvalue weighted by Gasteiger charge is -2.20. The average molecular weight is 355 g/mol. The van der Waals surface area contributed by atoms with Crippen LogP contribution in [0.4, 0.5) is 0 Å². The van der Waals surface area contributed by atoms with E-state index in [0.29, 0.717) is 5.02 Å². The van der Waals surface area contributed by atoms with E-state index in [1.807, 2.05) is 0 Å². The number of sulfonamides is 2. The molecule has 0 atom stereocenters. The van der Waals surface area contributed by atoms with E-state index in [1.165, 1.54) is 11.2 Å². The fourth-order valence-electron chi connectivity index (χ4n) is 1.58. The summed E-state index contributed by atoms with van der Waals surface area (Å²) in [6.07, 6.45) is 1.09. The Labute approximate surface area is 131 Å². The molecule has 0 unspecified atom stereocenters. The van der Waals surface area contributed by atoms with Gasteiger partial charge in [0.15, 0.2) is 0 Å². The lowest BCUT2D eigenvalue weighted by atomic mass is 10.2. The molecule has 1 aromatic rings. The van der Waals surface area contributed by atoms with E-state index in [0.717, 1.165) is 11.8 Å². The van der Waals surface area contributed by atoms with Crippen LogP contribution in [0.15, 0.2) is 24.3 Å². The summed E-state index contributed by atoms with van der Waals surface area (Å²) in [6.45, 7) is 1.80. The molecule has 0 saturated carbocycles. The van der Waals surface area contributed by atoms with E-state index in [2.05, 4.69) is 4.72 Å². The number of halogens is 1. The molecular weight excluding hydrogens is 336 g/mol. The van der Waals surface area contributed by atoms with Crippen LogP contribution in [0.3, 0.4) is 0 Å². The minimum Gasteiger partial charge on any atom is -0.214 e. The molecule has 0 fully saturated rings. The van der Waals surface area contributed by atoms with Gasteiger partial charge in [-0.2, -0.15) is 4.31 Å². The molecule has 0 radical (unpaired) electrons. The van der Waals surface area contributed by atoms with Crippen LogP contribution in [0.5, 0.6) is 0 Å². The van der Waals surface area contributed by atoms with Gasteiger partial charge in [-0.3, -0.25) is 0 Å². The highest BCUT2D eigenvalue weighted by Gasteiger charge is 2.17. The Morgan fingerprint density at radius 2 is 1.71 bits per heavy atom. The van der Waals surface area contributed by atoms with Crippen LogP contribution < -0.4 is 4.72 Å². The Hall–Kier alpha value is -0.670. The number of rotatable bonds is 8. The third-order valence-corrected chi connectivity index (χ3v) is 5.71. The first-order chi connectivity index (χ1) is 9.64. The van der Waals surface area contributed by atoms with E-state index in [4.69, 9.17) is 11.6 Å². The van der Waals surface area contributed by atoms with Crippen LogP contribution in [0.25, 0.3) is 0 Å². The maximum absolute atomic E-state index is 11.8. The molecule has 0 aliphatic carbocycles. The fraction of sp³-hybridized carbons (Fsp3) is 0.500. The van der Waals surface area contributed by atoms with Crippen LogP contribution in [-0.4, -0.2) is 46.2 Å². The summed E-state index contributed by atoms with van der Waals surface area (Å²) in [5, 5.41) is 0.570. The maximum atomic E-state index is 11.8. The zero-order valence-corrected chi connectivity index (χ0v) is 14.3. The van der Waals surface area contributed by atoms with Crippen molar-refractivity contribution >= 4 is 31.6 Å². The second-order valence-electron chi connectivity index (χ2n) is 4.52. The summed E-state index contributed by atoms with van der Waals surface area (Å²) in [5.41, 5.74) is 0.781. The van der Waals surface area contributed by atoms with Crippen molar-refractivity contribution in [1.82, 2.24) is 9.03 Å². The van der Waals surface area contributed by atoms with E-state index in [1.54, 1.807) is 24.3 Å². The highest BCUT2D eigenvalue weighted by atomic mass is 35.5. The zero-order chi connectivity index (χ0) is 16.1. The van der Waals surface area contributed by atoms with Gasteiger partial charge in [-0.25, -0.2) is 21.6 Å². The first kappa shape index (κ1) is 18.4. The lowest BCUT2D eigenvalue weighted by molar-refractivity contribution is 0.412. The first-order valence-corrected chi connectivity index (χ1v) is 10.2. The minimum atomic E-state index is -3.43. The van der Waals surface area contributed by atoms with Crippen LogP contribution in [0.1, 0.15) is 12.5 Å². The molecule has 120 valence electrons. The van der Waals surface area contributed by atoms with Gasteiger partial charge in [-0.15, -0.1) is 0 Å². The molecule has 0 spiro atoms. The molecule has 0 aromatic heterocycles. The summed E-state index contributed by atoms with van der Waals surface area (Å²) in [7, 11) is -6.76. The third kappa shape index (κ3) is 6.75. The molecule has 6 nitrogen and oxygen atoms in total.